The summed E-state index contributed by atoms with van der Waals surface area (Å²) in [4.78, 5) is 32.3. The zero-order chi connectivity index (χ0) is 15.0. The SMILES string of the molecule is NC(=O)[C@@H]1C[C@@H](O)CN1C(=O)Cc1c[nH]c2ncccc12. The summed E-state index contributed by atoms with van der Waals surface area (Å²) in [5.41, 5.74) is 6.82. The number of nitrogens with zero attached hydrogens (tertiary/aromatic N) is 2. The van der Waals surface area contributed by atoms with Gasteiger partial charge in [0.15, 0.2) is 0 Å². The molecule has 7 nitrogen and oxygen atoms in total. The lowest BCUT2D eigenvalue weighted by atomic mass is 10.1. The van der Waals surface area contributed by atoms with Crippen molar-refractivity contribution in [3.05, 3.63) is 30.1 Å². The van der Waals surface area contributed by atoms with Crippen LogP contribution in [0.25, 0.3) is 11.0 Å². The second kappa shape index (κ2) is 5.17. The molecule has 21 heavy (non-hydrogen) atoms. The van der Waals surface area contributed by atoms with E-state index in [1.54, 1.807) is 18.5 Å². The number of hydrogen-bond acceptors (Lipinski definition) is 4. The third-order valence-corrected chi connectivity index (χ3v) is 3.81. The van der Waals surface area contributed by atoms with E-state index in [0.717, 1.165) is 10.9 Å². The minimum atomic E-state index is -0.726. The van der Waals surface area contributed by atoms with Crippen molar-refractivity contribution in [3.63, 3.8) is 0 Å². The van der Waals surface area contributed by atoms with Crippen LogP contribution in [0.3, 0.4) is 0 Å². The topological polar surface area (TPSA) is 112 Å². The molecule has 1 fully saturated rings. The fraction of sp³-hybridized carbons (Fsp3) is 0.357. The molecule has 2 atom stereocenters. The van der Waals surface area contributed by atoms with Crippen molar-refractivity contribution < 1.29 is 14.7 Å². The number of nitrogens with two attached hydrogens (primary N) is 1. The molecule has 0 saturated carbocycles. The van der Waals surface area contributed by atoms with Crippen LogP contribution in [0, 0.1) is 0 Å². The summed E-state index contributed by atoms with van der Waals surface area (Å²) in [5, 5.41) is 10.5. The molecule has 0 bridgehead atoms. The van der Waals surface area contributed by atoms with E-state index in [2.05, 4.69) is 9.97 Å². The average molecular weight is 288 g/mol. The highest BCUT2D eigenvalue weighted by atomic mass is 16.3. The highest BCUT2D eigenvalue weighted by Crippen LogP contribution is 2.21. The number of rotatable bonds is 3. The quantitative estimate of drug-likeness (QED) is 0.710. The van der Waals surface area contributed by atoms with E-state index in [-0.39, 0.29) is 25.3 Å². The lowest BCUT2D eigenvalue weighted by Crippen LogP contribution is -2.44. The standard InChI is InChI=1S/C14H16N4O3/c15-13(21)11-5-9(19)7-18(11)12(20)4-8-6-17-14-10(8)2-1-3-16-14/h1-3,6,9,11,19H,4-5,7H2,(H2,15,21)(H,16,17)/t9-,11+/m1/s1. The molecule has 110 valence electrons. The van der Waals surface area contributed by atoms with Gasteiger partial charge in [-0.1, -0.05) is 0 Å². The van der Waals surface area contributed by atoms with E-state index in [0.29, 0.717) is 5.65 Å². The maximum absolute atomic E-state index is 12.4. The highest BCUT2D eigenvalue weighted by Gasteiger charge is 2.37. The third kappa shape index (κ3) is 2.47. The summed E-state index contributed by atoms with van der Waals surface area (Å²) >= 11 is 0. The van der Waals surface area contributed by atoms with Crippen molar-refractivity contribution in [1.82, 2.24) is 14.9 Å². The van der Waals surface area contributed by atoms with Gasteiger partial charge in [-0.15, -0.1) is 0 Å². The van der Waals surface area contributed by atoms with Crippen LogP contribution in [0.4, 0.5) is 0 Å². The number of likely N-dealkylation sites (tertiary alicyclic amines) is 1. The van der Waals surface area contributed by atoms with E-state index in [1.807, 2.05) is 6.07 Å². The second-order valence-electron chi connectivity index (χ2n) is 5.24. The lowest BCUT2D eigenvalue weighted by Gasteiger charge is -2.21. The summed E-state index contributed by atoms with van der Waals surface area (Å²) in [6, 6.07) is 2.96. The van der Waals surface area contributed by atoms with Crippen LogP contribution in [0.2, 0.25) is 0 Å². The number of carbonyl (C=O) groups excluding carboxylic acids is 2. The first-order valence-corrected chi connectivity index (χ1v) is 6.74. The number of aliphatic hydroxyl groups is 1. The van der Waals surface area contributed by atoms with Crippen LogP contribution in [-0.4, -0.2) is 50.5 Å². The van der Waals surface area contributed by atoms with Gasteiger partial charge < -0.3 is 20.7 Å². The predicted octanol–water partition coefficient (Wildman–Crippen LogP) is -0.447. The Morgan fingerprint density at radius 2 is 2.33 bits per heavy atom. The van der Waals surface area contributed by atoms with Crippen molar-refractivity contribution in [2.45, 2.75) is 25.0 Å². The molecule has 0 unspecified atom stereocenters. The second-order valence-corrected chi connectivity index (χ2v) is 5.24. The normalized spacial score (nSPS) is 21.9. The van der Waals surface area contributed by atoms with Gasteiger partial charge in [0.25, 0.3) is 0 Å². The molecule has 1 aliphatic rings. The number of aliphatic hydroxyl groups excluding tert-OH is 1. The fourth-order valence-electron chi connectivity index (χ4n) is 2.78. The average Bonchev–Trinajstić information content (AvgIpc) is 3.03. The molecule has 2 amide bonds. The minimum Gasteiger partial charge on any atom is -0.391 e. The number of pyridine rings is 1. The largest absolute Gasteiger partial charge is 0.391 e. The van der Waals surface area contributed by atoms with Crippen molar-refractivity contribution in [2.75, 3.05) is 6.54 Å². The molecule has 0 aromatic carbocycles. The number of β-amino-alcohol motifs (C(OH)–C–C–N with tert-alkyl or cyclic N) is 1. The van der Waals surface area contributed by atoms with Crippen LogP contribution in [0.5, 0.6) is 0 Å². The van der Waals surface area contributed by atoms with Crippen LogP contribution >= 0.6 is 0 Å². The number of carbonyl (C=O) groups is 2. The molecule has 3 heterocycles. The van der Waals surface area contributed by atoms with Crippen LogP contribution in [0.15, 0.2) is 24.5 Å². The van der Waals surface area contributed by atoms with Gasteiger partial charge >= 0.3 is 0 Å². The van der Waals surface area contributed by atoms with Gasteiger partial charge in [-0.3, -0.25) is 9.59 Å². The Morgan fingerprint density at radius 1 is 1.52 bits per heavy atom. The van der Waals surface area contributed by atoms with Crippen molar-refractivity contribution in [3.8, 4) is 0 Å². The Morgan fingerprint density at radius 3 is 3.10 bits per heavy atom. The summed E-state index contributed by atoms with van der Waals surface area (Å²) < 4.78 is 0. The molecular formula is C14H16N4O3. The zero-order valence-electron chi connectivity index (χ0n) is 11.3. The van der Waals surface area contributed by atoms with Crippen LogP contribution in [0.1, 0.15) is 12.0 Å². The van der Waals surface area contributed by atoms with E-state index in [9.17, 15) is 14.7 Å². The van der Waals surface area contributed by atoms with Gasteiger partial charge in [0.2, 0.25) is 11.8 Å². The van der Waals surface area contributed by atoms with E-state index >= 15 is 0 Å². The maximum atomic E-state index is 12.4. The first-order valence-electron chi connectivity index (χ1n) is 6.74. The molecule has 1 saturated heterocycles. The summed E-state index contributed by atoms with van der Waals surface area (Å²) in [6.07, 6.45) is 3.06. The fourth-order valence-corrected chi connectivity index (χ4v) is 2.78. The molecular weight excluding hydrogens is 272 g/mol. The number of aromatic amines is 1. The van der Waals surface area contributed by atoms with Crippen molar-refractivity contribution >= 4 is 22.8 Å². The van der Waals surface area contributed by atoms with Gasteiger partial charge in [0.1, 0.15) is 11.7 Å². The number of aromatic nitrogens is 2. The number of hydrogen-bond donors (Lipinski definition) is 3. The smallest absolute Gasteiger partial charge is 0.240 e. The van der Waals surface area contributed by atoms with Crippen molar-refractivity contribution in [2.24, 2.45) is 5.73 Å². The number of amides is 2. The summed E-state index contributed by atoms with van der Waals surface area (Å²) in [7, 11) is 0. The Hall–Kier alpha value is -2.41. The van der Waals surface area contributed by atoms with E-state index in [4.69, 9.17) is 5.73 Å². The molecule has 0 radical (unpaired) electrons. The molecule has 3 rings (SSSR count). The van der Waals surface area contributed by atoms with Crippen LogP contribution < -0.4 is 5.73 Å². The van der Waals surface area contributed by atoms with E-state index < -0.39 is 18.1 Å². The van der Waals surface area contributed by atoms with Crippen LogP contribution in [-0.2, 0) is 16.0 Å². The molecule has 0 aliphatic carbocycles. The zero-order valence-corrected chi connectivity index (χ0v) is 11.3. The number of nitrogens with one attached hydrogen (secondary N) is 1. The molecule has 1 aliphatic heterocycles. The Kier molecular flexibility index (Phi) is 3.34. The number of primary amides is 1. The van der Waals surface area contributed by atoms with Gasteiger partial charge in [-0.2, -0.15) is 0 Å². The summed E-state index contributed by atoms with van der Waals surface area (Å²) in [5.74, 6) is -0.805. The Labute approximate surface area is 120 Å². The first-order chi connectivity index (χ1) is 10.1. The minimum absolute atomic E-state index is 0.141. The molecule has 2 aromatic rings. The first kappa shape index (κ1) is 13.6. The third-order valence-electron chi connectivity index (χ3n) is 3.81. The van der Waals surface area contributed by atoms with Gasteiger partial charge in [0, 0.05) is 30.7 Å². The molecule has 7 heteroatoms. The summed E-state index contributed by atoms with van der Waals surface area (Å²) in [6.45, 7) is 0.146. The van der Waals surface area contributed by atoms with Gasteiger partial charge in [-0.05, 0) is 17.7 Å². The molecule has 0 spiro atoms. The molecule has 2 aromatic heterocycles. The number of fused-ring (bicyclic) bond motifs is 1. The Bertz CT molecular complexity index is 696. The highest BCUT2D eigenvalue weighted by molar-refractivity contribution is 5.91. The Balaban J connectivity index is 1.81. The molecule has 4 N–H and O–H groups in total. The van der Waals surface area contributed by atoms with E-state index in [1.165, 1.54) is 4.90 Å². The lowest BCUT2D eigenvalue weighted by molar-refractivity contribution is -0.136. The van der Waals surface area contributed by atoms with Gasteiger partial charge in [-0.25, -0.2) is 4.98 Å². The number of H-pyrrole nitrogens is 1. The van der Waals surface area contributed by atoms with Gasteiger partial charge in [0.05, 0.1) is 12.5 Å². The predicted molar refractivity (Wildman–Crippen MR) is 75.1 cm³/mol. The monoisotopic (exact) mass is 288 g/mol. The maximum Gasteiger partial charge on any atom is 0.240 e. The van der Waals surface area contributed by atoms with Crippen molar-refractivity contribution in [1.29, 1.82) is 0 Å².